The van der Waals surface area contributed by atoms with E-state index in [4.69, 9.17) is 0 Å². The van der Waals surface area contributed by atoms with Crippen molar-refractivity contribution < 1.29 is 9.18 Å². The third kappa shape index (κ3) is 3.40. The van der Waals surface area contributed by atoms with Crippen molar-refractivity contribution in [3.8, 4) is 0 Å². The third-order valence-corrected chi connectivity index (χ3v) is 6.56. The van der Waals surface area contributed by atoms with Gasteiger partial charge in [0.2, 0.25) is 0 Å². The van der Waals surface area contributed by atoms with E-state index in [9.17, 15) is 9.18 Å². The predicted molar refractivity (Wildman–Crippen MR) is 106 cm³/mol. The van der Waals surface area contributed by atoms with Gasteiger partial charge in [-0.2, -0.15) is 0 Å². The van der Waals surface area contributed by atoms with Gasteiger partial charge in [-0.15, -0.1) is 0 Å². The minimum Gasteiger partial charge on any atom is -0.329 e. The quantitative estimate of drug-likeness (QED) is 0.601. The first-order valence-electron chi connectivity index (χ1n) is 10.2. The number of nitrogens with zero attached hydrogens (tertiary/aromatic N) is 1. The van der Waals surface area contributed by atoms with Gasteiger partial charge in [0.25, 0.3) is 5.91 Å². The molecule has 4 rings (SSSR count). The van der Waals surface area contributed by atoms with Gasteiger partial charge in [-0.3, -0.25) is 4.79 Å². The van der Waals surface area contributed by atoms with Crippen LogP contribution < -0.4 is 0 Å². The van der Waals surface area contributed by atoms with Crippen LogP contribution in [0.2, 0.25) is 0 Å². The van der Waals surface area contributed by atoms with Crippen LogP contribution in [0.15, 0.2) is 48.5 Å². The number of benzene rings is 2. The highest BCUT2D eigenvalue weighted by Gasteiger charge is 2.43. The average Bonchev–Trinajstić information content (AvgIpc) is 2.98. The molecule has 1 saturated carbocycles. The first kappa shape index (κ1) is 18.2. The zero-order valence-corrected chi connectivity index (χ0v) is 16.1. The SMILES string of the molecule is CC1CC2(CCCCCC2)N(C(=O)c2ccccc2F)Cc2ccccc21. The smallest absolute Gasteiger partial charge is 0.257 e. The summed E-state index contributed by atoms with van der Waals surface area (Å²) in [6, 6.07) is 14.9. The summed E-state index contributed by atoms with van der Waals surface area (Å²) in [5, 5.41) is 0. The fourth-order valence-corrected chi connectivity index (χ4v) is 5.22. The summed E-state index contributed by atoms with van der Waals surface area (Å²) in [6.07, 6.45) is 7.74. The molecule has 2 aromatic carbocycles. The van der Waals surface area contributed by atoms with Crippen molar-refractivity contribution >= 4 is 5.91 Å². The summed E-state index contributed by atoms with van der Waals surface area (Å²) in [7, 11) is 0. The van der Waals surface area contributed by atoms with Crippen molar-refractivity contribution in [3.05, 3.63) is 71.0 Å². The Morgan fingerprint density at radius 2 is 1.67 bits per heavy atom. The Hall–Kier alpha value is -2.16. The maximum atomic E-state index is 14.5. The number of fused-ring (bicyclic) bond motifs is 1. The number of amides is 1. The molecular formula is C24H28FNO. The van der Waals surface area contributed by atoms with Crippen molar-refractivity contribution in [3.63, 3.8) is 0 Å². The van der Waals surface area contributed by atoms with Gasteiger partial charge in [-0.1, -0.05) is 69.0 Å². The van der Waals surface area contributed by atoms with E-state index in [0.717, 1.165) is 32.1 Å². The van der Waals surface area contributed by atoms with Crippen molar-refractivity contribution in [2.75, 3.05) is 0 Å². The Morgan fingerprint density at radius 1 is 1.00 bits per heavy atom. The summed E-state index contributed by atoms with van der Waals surface area (Å²) in [5.41, 5.74) is 2.57. The minimum atomic E-state index is -0.420. The molecule has 1 fully saturated rings. The topological polar surface area (TPSA) is 20.3 Å². The highest BCUT2D eigenvalue weighted by Crippen LogP contribution is 2.45. The van der Waals surface area contributed by atoms with E-state index in [1.165, 1.54) is 30.0 Å². The zero-order valence-electron chi connectivity index (χ0n) is 16.1. The van der Waals surface area contributed by atoms with Crippen molar-refractivity contribution in [1.82, 2.24) is 4.90 Å². The van der Waals surface area contributed by atoms with Crippen LogP contribution in [0.1, 0.15) is 79.3 Å². The van der Waals surface area contributed by atoms with E-state index >= 15 is 0 Å². The summed E-state index contributed by atoms with van der Waals surface area (Å²) in [6.45, 7) is 2.86. The van der Waals surface area contributed by atoms with Crippen LogP contribution in [-0.2, 0) is 6.54 Å². The Bertz CT molecular complexity index is 823. The maximum absolute atomic E-state index is 14.5. The zero-order chi connectivity index (χ0) is 18.9. The molecule has 1 amide bonds. The largest absolute Gasteiger partial charge is 0.329 e. The van der Waals surface area contributed by atoms with Crippen LogP contribution in [0, 0.1) is 5.82 Å². The number of rotatable bonds is 1. The van der Waals surface area contributed by atoms with Gasteiger partial charge in [0, 0.05) is 12.1 Å². The summed E-state index contributed by atoms with van der Waals surface area (Å²) in [4.78, 5) is 15.6. The summed E-state index contributed by atoms with van der Waals surface area (Å²) in [5.74, 6) is -0.173. The van der Waals surface area contributed by atoms with E-state index in [2.05, 4.69) is 25.1 Å². The van der Waals surface area contributed by atoms with E-state index in [1.54, 1.807) is 18.2 Å². The van der Waals surface area contributed by atoms with Crippen LogP contribution in [0.5, 0.6) is 0 Å². The second-order valence-electron chi connectivity index (χ2n) is 8.31. The lowest BCUT2D eigenvalue weighted by molar-refractivity contribution is 0.0346. The van der Waals surface area contributed by atoms with Gasteiger partial charge >= 0.3 is 0 Å². The molecular weight excluding hydrogens is 337 g/mol. The van der Waals surface area contributed by atoms with Crippen LogP contribution in [0.4, 0.5) is 4.39 Å². The Kier molecular flexibility index (Phi) is 5.03. The highest BCUT2D eigenvalue weighted by atomic mass is 19.1. The molecule has 27 heavy (non-hydrogen) atoms. The van der Waals surface area contributed by atoms with Crippen LogP contribution in [0.3, 0.4) is 0 Å². The highest BCUT2D eigenvalue weighted by molar-refractivity contribution is 5.95. The monoisotopic (exact) mass is 365 g/mol. The number of carbonyl (C=O) groups is 1. The molecule has 0 aromatic heterocycles. The molecule has 0 N–H and O–H groups in total. The Labute approximate surface area is 161 Å². The Morgan fingerprint density at radius 3 is 2.41 bits per heavy atom. The molecule has 1 unspecified atom stereocenters. The van der Waals surface area contributed by atoms with Crippen molar-refractivity contribution in [2.24, 2.45) is 0 Å². The van der Waals surface area contributed by atoms with E-state index in [1.807, 2.05) is 11.0 Å². The molecule has 0 radical (unpaired) electrons. The van der Waals surface area contributed by atoms with E-state index in [-0.39, 0.29) is 17.0 Å². The molecule has 142 valence electrons. The van der Waals surface area contributed by atoms with Crippen molar-refractivity contribution in [1.29, 1.82) is 0 Å². The molecule has 1 heterocycles. The number of hydrogen-bond donors (Lipinski definition) is 0. The number of carbonyl (C=O) groups excluding carboxylic acids is 1. The van der Waals surface area contributed by atoms with Gasteiger partial charge in [0.1, 0.15) is 5.82 Å². The van der Waals surface area contributed by atoms with Crippen LogP contribution >= 0.6 is 0 Å². The van der Waals surface area contributed by atoms with Gasteiger partial charge in [0.05, 0.1) is 5.56 Å². The standard InChI is InChI=1S/C24H28FNO/c1-18-16-24(14-8-2-3-9-15-24)26(17-19-10-4-5-11-20(18)19)23(27)21-12-6-7-13-22(21)25/h4-7,10-13,18H,2-3,8-9,14-17H2,1H3. The molecule has 1 aliphatic heterocycles. The maximum Gasteiger partial charge on any atom is 0.257 e. The predicted octanol–water partition coefficient (Wildman–Crippen LogP) is 6.07. The third-order valence-electron chi connectivity index (χ3n) is 6.56. The van der Waals surface area contributed by atoms with Crippen molar-refractivity contribution in [2.45, 2.75) is 69.9 Å². The molecule has 1 atom stereocenters. The fourth-order valence-electron chi connectivity index (χ4n) is 5.22. The molecule has 0 saturated heterocycles. The number of halogens is 1. The van der Waals surface area contributed by atoms with Gasteiger partial charge in [0.15, 0.2) is 0 Å². The number of hydrogen-bond acceptors (Lipinski definition) is 1. The van der Waals surface area contributed by atoms with Gasteiger partial charge in [-0.05, 0) is 48.4 Å². The lowest BCUT2D eigenvalue weighted by Gasteiger charge is -2.44. The average molecular weight is 365 g/mol. The summed E-state index contributed by atoms with van der Waals surface area (Å²) < 4.78 is 14.5. The van der Waals surface area contributed by atoms with Gasteiger partial charge in [-0.25, -0.2) is 4.39 Å². The minimum absolute atomic E-state index is 0.154. The molecule has 2 nitrogen and oxygen atoms in total. The fraction of sp³-hybridized carbons (Fsp3) is 0.458. The second-order valence-corrected chi connectivity index (χ2v) is 8.31. The Balaban J connectivity index is 1.81. The normalized spacial score (nSPS) is 22.0. The summed E-state index contributed by atoms with van der Waals surface area (Å²) >= 11 is 0. The molecule has 1 aliphatic carbocycles. The van der Waals surface area contributed by atoms with E-state index in [0.29, 0.717) is 12.5 Å². The van der Waals surface area contributed by atoms with Crippen LogP contribution in [-0.4, -0.2) is 16.3 Å². The molecule has 2 aliphatic rings. The molecule has 3 heteroatoms. The van der Waals surface area contributed by atoms with Crippen LogP contribution in [0.25, 0.3) is 0 Å². The molecule has 2 aromatic rings. The lowest BCUT2D eigenvalue weighted by atomic mass is 9.79. The lowest BCUT2D eigenvalue weighted by Crippen LogP contribution is -2.51. The van der Waals surface area contributed by atoms with E-state index < -0.39 is 5.82 Å². The molecule has 0 bridgehead atoms. The molecule has 1 spiro atoms. The second kappa shape index (κ2) is 7.46. The van der Waals surface area contributed by atoms with Gasteiger partial charge < -0.3 is 4.90 Å². The first-order chi connectivity index (χ1) is 13.1. The first-order valence-corrected chi connectivity index (χ1v) is 10.2.